The lowest BCUT2D eigenvalue weighted by Gasteiger charge is -2.11. The van der Waals surface area contributed by atoms with Crippen molar-refractivity contribution in [3.8, 4) is 11.5 Å². The van der Waals surface area contributed by atoms with Gasteiger partial charge >= 0.3 is 0 Å². The molecule has 0 radical (unpaired) electrons. The van der Waals surface area contributed by atoms with Crippen LogP contribution in [0, 0.1) is 13.8 Å². The van der Waals surface area contributed by atoms with Crippen LogP contribution in [-0.4, -0.2) is 23.2 Å². The summed E-state index contributed by atoms with van der Waals surface area (Å²) in [4.78, 5) is 8.95. The molecule has 29 heavy (non-hydrogen) atoms. The van der Waals surface area contributed by atoms with Crippen LogP contribution in [0.5, 0.6) is 11.5 Å². The molecule has 0 unspecified atom stereocenters. The van der Waals surface area contributed by atoms with Crippen LogP contribution in [0.15, 0.2) is 48.5 Å². The molecular formula is C23H26N4O2. The van der Waals surface area contributed by atoms with Gasteiger partial charge in [-0.05, 0) is 62.4 Å². The maximum atomic E-state index is 6.09. The first-order chi connectivity index (χ1) is 13.5. The van der Waals surface area contributed by atoms with Gasteiger partial charge in [-0.2, -0.15) is 0 Å². The number of rotatable bonds is 5. The Morgan fingerprint density at radius 2 is 1.10 bits per heavy atom. The zero-order chi connectivity index (χ0) is 19.7. The standard InChI is InChI=1S/C22H22N4O2.CH4/c1-13-9-19(23)17-11-15(3-5-21(17)25-13)27-7-8-28-16-4-6-22-18(12-16)20(24)10-14(2)26-22;/h3-6,9-12H,7-8H2,1-2H3,(H2,23,25)(H2,24,26);1H4. The van der Waals surface area contributed by atoms with E-state index in [-0.39, 0.29) is 7.43 Å². The summed E-state index contributed by atoms with van der Waals surface area (Å²) in [7, 11) is 0. The van der Waals surface area contributed by atoms with Crippen molar-refractivity contribution in [3.63, 3.8) is 0 Å². The number of benzene rings is 2. The highest BCUT2D eigenvalue weighted by atomic mass is 16.5. The molecule has 6 heteroatoms. The van der Waals surface area contributed by atoms with Crippen molar-refractivity contribution in [1.29, 1.82) is 0 Å². The summed E-state index contributed by atoms with van der Waals surface area (Å²) in [6.45, 7) is 4.67. The number of aryl methyl sites for hydroxylation is 2. The molecular weight excluding hydrogens is 364 g/mol. The lowest BCUT2D eigenvalue weighted by Crippen LogP contribution is -2.09. The van der Waals surface area contributed by atoms with Crippen molar-refractivity contribution in [3.05, 3.63) is 59.9 Å². The van der Waals surface area contributed by atoms with E-state index in [9.17, 15) is 0 Å². The molecule has 2 heterocycles. The molecule has 4 N–H and O–H groups in total. The molecule has 6 nitrogen and oxygen atoms in total. The molecule has 0 atom stereocenters. The van der Waals surface area contributed by atoms with Gasteiger partial charge < -0.3 is 20.9 Å². The highest BCUT2D eigenvalue weighted by molar-refractivity contribution is 5.92. The number of nitrogen functional groups attached to an aromatic ring is 2. The fourth-order valence-corrected chi connectivity index (χ4v) is 3.24. The van der Waals surface area contributed by atoms with Crippen molar-refractivity contribution >= 4 is 33.2 Å². The predicted octanol–water partition coefficient (Wildman–Crippen LogP) is 4.66. The Bertz CT molecular complexity index is 1080. The molecule has 0 saturated carbocycles. The highest BCUT2D eigenvalue weighted by Gasteiger charge is 2.05. The Balaban J connectivity index is 0.00000240. The Morgan fingerprint density at radius 3 is 1.52 bits per heavy atom. The summed E-state index contributed by atoms with van der Waals surface area (Å²) in [5.41, 5.74) is 17.1. The minimum atomic E-state index is 0. The summed E-state index contributed by atoms with van der Waals surface area (Å²) in [6, 6.07) is 15.1. The third kappa shape index (κ3) is 4.32. The first-order valence-corrected chi connectivity index (χ1v) is 9.09. The topological polar surface area (TPSA) is 96.3 Å². The summed E-state index contributed by atoms with van der Waals surface area (Å²) < 4.78 is 11.6. The smallest absolute Gasteiger partial charge is 0.122 e. The Labute approximate surface area is 170 Å². The summed E-state index contributed by atoms with van der Waals surface area (Å²) in [6.07, 6.45) is 0. The van der Waals surface area contributed by atoms with Crippen molar-refractivity contribution < 1.29 is 9.47 Å². The van der Waals surface area contributed by atoms with E-state index in [0.29, 0.717) is 24.6 Å². The van der Waals surface area contributed by atoms with Crippen molar-refractivity contribution in [1.82, 2.24) is 9.97 Å². The molecule has 150 valence electrons. The normalized spacial score (nSPS) is 10.7. The van der Waals surface area contributed by atoms with Crippen LogP contribution >= 0.6 is 0 Å². The van der Waals surface area contributed by atoms with Crippen molar-refractivity contribution in [2.45, 2.75) is 21.3 Å². The molecule has 0 amide bonds. The molecule has 4 aromatic rings. The number of aromatic nitrogens is 2. The van der Waals surface area contributed by atoms with Crippen LogP contribution < -0.4 is 20.9 Å². The summed E-state index contributed by atoms with van der Waals surface area (Å²) in [5, 5.41) is 1.77. The number of nitrogens with two attached hydrogens (primary N) is 2. The lowest BCUT2D eigenvalue weighted by molar-refractivity contribution is 0.217. The first-order valence-electron chi connectivity index (χ1n) is 9.09. The second-order valence-electron chi connectivity index (χ2n) is 6.76. The second kappa shape index (κ2) is 8.22. The Hall–Kier alpha value is -3.54. The molecule has 0 bridgehead atoms. The molecule has 2 aromatic heterocycles. The van der Waals surface area contributed by atoms with Crippen LogP contribution in [0.1, 0.15) is 18.8 Å². The van der Waals surface area contributed by atoms with E-state index < -0.39 is 0 Å². The van der Waals surface area contributed by atoms with Gasteiger partial charge in [-0.25, -0.2) is 0 Å². The minimum Gasteiger partial charge on any atom is -0.490 e. The third-order valence-corrected chi connectivity index (χ3v) is 4.50. The molecule has 0 aliphatic carbocycles. The van der Waals surface area contributed by atoms with Gasteiger partial charge in [0.25, 0.3) is 0 Å². The van der Waals surface area contributed by atoms with E-state index in [1.54, 1.807) is 0 Å². The van der Waals surface area contributed by atoms with Crippen LogP contribution in [0.3, 0.4) is 0 Å². The number of nitrogens with zero attached hydrogens (tertiary/aromatic N) is 2. The van der Waals surface area contributed by atoms with Gasteiger partial charge in [-0.1, -0.05) is 7.43 Å². The Kier molecular flexibility index (Phi) is 5.73. The number of anilines is 2. The predicted molar refractivity (Wildman–Crippen MR) is 120 cm³/mol. The van der Waals surface area contributed by atoms with Gasteiger partial charge in [0.15, 0.2) is 0 Å². The quantitative estimate of drug-likeness (QED) is 0.481. The molecule has 0 spiro atoms. The van der Waals surface area contributed by atoms with E-state index in [1.807, 2.05) is 62.4 Å². The van der Waals surface area contributed by atoms with Gasteiger partial charge in [0.2, 0.25) is 0 Å². The van der Waals surface area contributed by atoms with Gasteiger partial charge in [0.1, 0.15) is 24.7 Å². The van der Waals surface area contributed by atoms with Gasteiger partial charge in [0.05, 0.1) is 11.0 Å². The van der Waals surface area contributed by atoms with Gasteiger partial charge in [0, 0.05) is 33.5 Å². The third-order valence-electron chi connectivity index (χ3n) is 4.50. The molecule has 4 rings (SSSR count). The largest absolute Gasteiger partial charge is 0.490 e. The van der Waals surface area contributed by atoms with E-state index in [1.165, 1.54) is 0 Å². The monoisotopic (exact) mass is 390 g/mol. The number of pyridine rings is 2. The fourth-order valence-electron chi connectivity index (χ4n) is 3.24. The van der Waals surface area contributed by atoms with E-state index >= 15 is 0 Å². The number of hydrogen-bond acceptors (Lipinski definition) is 6. The average molecular weight is 390 g/mol. The number of hydrogen-bond donors (Lipinski definition) is 2. The number of ether oxygens (including phenoxy) is 2. The molecule has 0 fully saturated rings. The van der Waals surface area contributed by atoms with Crippen LogP contribution in [-0.2, 0) is 0 Å². The fraction of sp³-hybridized carbons (Fsp3) is 0.217. The zero-order valence-corrected chi connectivity index (χ0v) is 15.9. The van der Waals surface area contributed by atoms with E-state index in [4.69, 9.17) is 20.9 Å². The summed E-state index contributed by atoms with van der Waals surface area (Å²) in [5.74, 6) is 1.46. The molecule has 2 aromatic carbocycles. The van der Waals surface area contributed by atoms with Crippen LogP contribution in [0.2, 0.25) is 0 Å². The average Bonchev–Trinajstić information content (AvgIpc) is 2.65. The lowest BCUT2D eigenvalue weighted by atomic mass is 10.1. The molecule has 0 aliphatic rings. The SMILES string of the molecule is C.Cc1cc(N)c2cc(OCCOc3ccc4nc(C)cc(N)c4c3)ccc2n1. The van der Waals surface area contributed by atoms with E-state index in [0.717, 1.165) is 44.7 Å². The van der Waals surface area contributed by atoms with Gasteiger partial charge in [-0.15, -0.1) is 0 Å². The molecule has 0 saturated heterocycles. The highest BCUT2D eigenvalue weighted by Crippen LogP contribution is 2.26. The van der Waals surface area contributed by atoms with Crippen molar-refractivity contribution in [2.24, 2.45) is 0 Å². The van der Waals surface area contributed by atoms with Gasteiger partial charge in [-0.3, -0.25) is 9.97 Å². The van der Waals surface area contributed by atoms with Crippen LogP contribution in [0.4, 0.5) is 11.4 Å². The van der Waals surface area contributed by atoms with E-state index in [2.05, 4.69) is 9.97 Å². The number of fused-ring (bicyclic) bond motifs is 2. The molecule has 0 aliphatic heterocycles. The summed E-state index contributed by atoms with van der Waals surface area (Å²) >= 11 is 0. The maximum Gasteiger partial charge on any atom is 0.122 e. The maximum absolute atomic E-state index is 6.09. The first kappa shape index (κ1) is 20.2. The van der Waals surface area contributed by atoms with Crippen molar-refractivity contribution in [2.75, 3.05) is 24.7 Å². The minimum absolute atomic E-state index is 0. The van der Waals surface area contributed by atoms with Crippen LogP contribution in [0.25, 0.3) is 21.8 Å². The zero-order valence-electron chi connectivity index (χ0n) is 15.9. The Morgan fingerprint density at radius 1 is 0.690 bits per heavy atom. The second-order valence-corrected chi connectivity index (χ2v) is 6.76.